The number of rotatable bonds is 9. The SMILES string of the molecule is COC(=O)c1cc2c(cc1C)c(C(=Nc1ccc(S(=O)(=O)N(C)OCCBr)cc1)c1ccccc1)c(O)n2C(C)=O. The molecule has 10 nitrogen and oxygen atoms in total. The van der Waals surface area contributed by atoms with Gasteiger partial charge < -0.3 is 9.84 Å². The Balaban J connectivity index is 1.93. The van der Waals surface area contributed by atoms with E-state index in [1.54, 1.807) is 25.1 Å². The number of aryl methyl sites for hydroxylation is 1. The quantitative estimate of drug-likeness (QED) is 0.115. The monoisotopic (exact) mass is 641 g/mol. The molecule has 0 saturated heterocycles. The Bertz CT molecular complexity index is 1750. The Kier molecular flexibility index (Phi) is 9.08. The van der Waals surface area contributed by atoms with Gasteiger partial charge in [0.2, 0.25) is 11.8 Å². The first-order valence-corrected chi connectivity index (χ1v) is 15.0. The summed E-state index contributed by atoms with van der Waals surface area (Å²) in [5, 5.41) is 12.4. The van der Waals surface area contributed by atoms with Crippen LogP contribution >= 0.6 is 15.9 Å². The molecule has 12 heteroatoms. The van der Waals surface area contributed by atoms with Gasteiger partial charge in [-0.05, 0) is 48.9 Å². The van der Waals surface area contributed by atoms with Crippen molar-refractivity contribution in [3.8, 4) is 5.88 Å². The molecule has 4 aromatic rings. The fourth-order valence-corrected chi connectivity index (χ4v) is 5.51. The zero-order valence-electron chi connectivity index (χ0n) is 22.8. The summed E-state index contributed by atoms with van der Waals surface area (Å²) in [6.07, 6.45) is 0. The number of aliphatic imine (C=N–C) groups is 1. The summed E-state index contributed by atoms with van der Waals surface area (Å²) in [4.78, 5) is 35.1. The number of hydroxylamine groups is 1. The molecule has 0 atom stereocenters. The lowest BCUT2D eigenvalue weighted by Crippen LogP contribution is -2.27. The van der Waals surface area contributed by atoms with Crippen molar-refractivity contribution < 1.29 is 32.7 Å². The van der Waals surface area contributed by atoms with E-state index >= 15 is 0 Å². The fourth-order valence-electron chi connectivity index (χ4n) is 4.37. The average Bonchev–Trinajstić information content (AvgIpc) is 3.24. The predicted molar refractivity (Wildman–Crippen MR) is 159 cm³/mol. The molecule has 0 fully saturated rings. The Morgan fingerprint density at radius 3 is 2.32 bits per heavy atom. The number of halogens is 1. The normalized spacial score (nSPS) is 12.2. The molecule has 0 radical (unpaired) electrons. The highest BCUT2D eigenvalue weighted by Crippen LogP contribution is 2.36. The number of hydrogen-bond acceptors (Lipinski definition) is 8. The third-order valence-corrected chi connectivity index (χ3v) is 8.33. The first-order valence-electron chi connectivity index (χ1n) is 12.4. The van der Waals surface area contributed by atoms with Gasteiger partial charge in [0.25, 0.3) is 10.0 Å². The molecule has 0 bridgehead atoms. The van der Waals surface area contributed by atoms with Crippen molar-refractivity contribution in [2.24, 2.45) is 4.99 Å². The Morgan fingerprint density at radius 1 is 1.07 bits per heavy atom. The highest BCUT2D eigenvalue weighted by atomic mass is 79.9. The largest absolute Gasteiger partial charge is 0.494 e. The smallest absolute Gasteiger partial charge is 0.338 e. The number of alkyl halides is 1. The first-order chi connectivity index (χ1) is 19.5. The standard InChI is InChI=1S/C29H28BrN3O7S/c1-18-16-24-25(17-23(18)29(36)39-4)33(19(2)34)28(35)26(24)27(20-8-6-5-7-9-20)31-21-10-12-22(13-11-21)41(37,38)32(3)40-15-14-30/h5-13,16-17,35H,14-15H2,1-4H3. The molecular formula is C29H28BrN3O7S. The second-order valence-electron chi connectivity index (χ2n) is 8.99. The second kappa shape index (κ2) is 12.4. The van der Waals surface area contributed by atoms with Crippen LogP contribution in [0.3, 0.4) is 0 Å². The van der Waals surface area contributed by atoms with Crippen LogP contribution in [0, 0.1) is 6.92 Å². The number of sulfonamides is 1. The number of methoxy groups -OCH3 is 1. The molecule has 0 unspecified atom stereocenters. The van der Waals surface area contributed by atoms with Crippen LogP contribution in [-0.2, 0) is 19.6 Å². The van der Waals surface area contributed by atoms with Gasteiger partial charge in [0, 0.05) is 30.3 Å². The van der Waals surface area contributed by atoms with Gasteiger partial charge in [-0.1, -0.05) is 50.7 Å². The van der Waals surface area contributed by atoms with E-state index in [0.29, 0.717) is 38.8 Å². The summed E-state index contributed by atoms with van der Waals surface area (Å²) in [5.74, 6) is -1.38. The third kappa shape index (κ3) is 5.96. The van der Waals surface area contributed by atoms with Crippen molar-refractivity contribution in [1.29, 1.82) is 0 Å². The number of benzene rings is 3. The molecule has 1 heterocycles. The molecule has 1 N–H and O–H groups in total. The van der Waals surface area contributed by atoms with Crippen LogP contribution in [0.1, 0.15) is 38.8 Å². The Hall–Kier alpha value is -3.84. The van der Waals surface area contributed by atoms with Gasteiger partial charge in [-0.25, -0.2) is 18.2 Å². The highest BCUT2D eigenvalue weighted by Gasteiger charge is 2.27. The number of carbonyl (C=O) groups is 2. The van der Waals surface area contributed by atoms with Crippen molar-refractivity contribution in [1.82, 2.24) is 9.04 Å². The molecular weight excluding hydrogens is 614 g/mol. The maximum absolute atomic E-state index is 12.9. The molecule has 3 aromatic carbocycles. The summed E-state index contributed by atoms with van der Waals surface area (Å²) < 4.78 is 32.5. The Labute approximate surface area is 246 Å². The number of aromatic hydroxyl groups is 1. The molecule has 0 spiro atoms. The number of carbonyl (C=O) groups excluding carboxylic acids is 2. The van der Waals surface area contributed by atoms with Crippen molar-refractivity contribution in [2.45, 2.75) is 18.7 Å². The lowest BCUT2D eigenvalue weighted by Gasteiger charge is -2.16. The number of hydrogen-bond donors (Lipinski definition) is 1. The molecule has 214 valence electrons. The lowest BCUT2D eigenvalue weighted by molar-refractivity contribution is -0.0559. The van der Waals surface area contributed by atoms with Gasteiger partial charge in [-0.2, -0.15) is 0 Å². The number of ether oxygens (including phenoxy) is 1. The third-order valence-electron chi connectivity index (χ3n) is 6.36. The van der Waals surface area contributed by atoms with E-state index in [4.69, 9.17) is 14.6 Å². The predicted octanol–water partition coefficient (Wildman–Crippen LogP) is 5.22. The van der Waals surface area contributed by atoms with E-state index in [0.717, 1.165) is 9.04 Å². The van der Waals surface area contributed by atoms with Gasteiger partial charge in [0.1, 0.15) is 0 Å². The summed E-state index contributed by atoms with van der Waals surface area (Å²) >= 11 is 3.20. The minimum atomic E-state index is -3.90. The van der Waals surface area contributed by atoms with Crippen LogP contribution in [0.15, 0.2) is 76.6 Å². The zero-order valence-corrected chi connectivity index (χ0v) is 25.2. The fraction of sp³-hybridized carbons (Fsp3) is 0.207. The molecule has 0 aliphatic heterocycles. The minimum Gasteiger partial charge on any atom is -0.494 e. The van der Waals surface area contributed by atoms with Crippen LogP contribution in [0.2, 0.25) is 0 Å². The van der Waals surface area contributed by atoms with Gasteiger partial charge >= 0.3 is 5.97 Å². The van der Waals surface area contributed by atoms with Crippen molar-refractivity contribution in [2.75, 3.05) is 26.1 Å². The van der Waals surface area contributed by atoms with Crippen LogP contribution in [0.5, 0.6) is 5.88 Å². The Morgan fingerprint density at radius 2 is 1.73 bits per heavy atom. The number of esters is 1. The molecule has 0 aliphatic carbocycles. The lowest BCUT2D eigenvalue weighted by atomic mass is 9.98. The number of nitrogens with zero attached hydrogens (tertiary/aromatic N) is 3. The highest BCUT2D eigenvalue weighted by molar-refractivity contribution is 9.09. The van der Waals surface area contributed by atoms with Crippen LogP contribution in [-0.4, -0.2) is 66.2 Å². The maximum atomic E-state index is 12.9. The molecule has 0 saturated carbocycles. The van der Waals surface area contributed by atoms with Crippen LogP contribution in [0.4, 0.5) is 5.69 Å². The molecule has 0 aliphatic rings. The van der Waals surface area contributed by atoms with E-state index < -0.39 is 21.9 Å². The summed E-state index contributed by atoms with van der Waals surface area (Å²) in [5.41, 5.74) is 2.81. The minimum absolute atomic E-state index is 0.0109. The van der Waals surface area contributed by atoms with Gasteiger partial charge in [-0.3, -0.25) is 14.2 Å². The molecule has 41 heavy (non-hydrogen) atoms. The topological polar surface area (TPSA) is 128 Å². The van der Waals surface area contributed by atoms with E-state index in [9.17, 15) is 23.1 Å². The van der Waals surface area contributed by atoms with Gasteiger partial charge in [0.15, 0.2) is 0 Å². The molecule has 1 aromatic heterocycles. The van der Waals surface area contributed by atoms with Crippen molar-refractivity contribution >= 4 is 60.1 Å². The number of fused-ring (bicyclic) bond motifs is 1. The van der Waals surface area contributed by atoms with E-state index in [1.807, 2.05) is 18.2 Å². The van der Waals surface area contributed by atoms with Gasteiger partial charge in [-0.15, -0.1) is 0 Å². The second-order valence-corrected chi connectivity index (χ2v) is 11.7. The van der Waals surface area contributed by atoms with E-state index in [1.165, 1.54) is 51.4 Å². The summed E-state index contributed by atoms with van der Waals surface area (Å²) in [6.45, 7) is 3.21. The van der Waals surface area contributed by atoms with Gasteiger partial charge in [0.05, 0.1) is 46.7 Å². The summed E-state index contributed by atoms with van der Waals surface area (Å²) in [7, 11) is -1.31. The van der Waals surface area contributed by atoms with Crippen LogP contribution in [0.25, 0.3) is 10.9 Å². The first kappa shape index (κ1) is 30.1. The average molecular weight is 643 g/mol. The van der Waals surface area contributed by atoms with E-state index in [-0.39, 0.29) is 28.5 Å². The van der Waals surface area contributed by atoms with Crippen molar-refractivity contribution in [3.63, 3.8) is 0 Å². The summed E-state index contributed by atoms with van der Waals surface area (Å²) in [6, 6.07) is 18.2. The van der Waals surface area contributed by atoms with Crippen LogP contribution < -0.4 is 0 Å². The number of aromatic nitrogens is 1. The van der Waals surface area contributed by atoms with E-state index in [2.05, 4.69) is 15.9 Å². The maximum Gasteiger partial charge on any atom is 0.338 e. The zero-order chi connectivity index (χ0) is 29.9. The molecule has 0 amide bonds. The molecule has 4 rings (SSSR count). The van der Waals surface area contributed by atoms with Crippen molar-refractivity contribution in [3.05, 3.63) is 89.0 Å².